The molecule has 0 aliphatic carbocycles. The average molecular weight is 1370 g/mol. The van der Waals surface area contributed by atoms with Crippen molar-refractivity contribution >= 4 is 39.5 Å². The van der Waals surface area contributed by atoms with Gasteiger partial charge in [0.25, 0.3) is 0 Å². The summed E-state index contributed by atoms with van der Waals surface area (Å²) in [6.07, 6.45) is 58.3. The van der Waals surface area contributed by atoms with Gasteiger partial charge in [-0.05, 0) is 25.7 Å². The first-order chi connectivity index (χ1) is 45.2. The van der Waals surface area contributed by atoms with Crippen molar-refractivity contribution < 1.29 is 80.2 Å². The Balaban J connectivity index is 5.19. The van der Waals surface area contributed by atoms with Crippen molar-refractivity contribution in [2.45, 2.75) is 412 Å². The number of phosphoric acid groups is 2. The van der Waals surface area contributed by atoms with E-state index >= 15 is 0 Å². The highest BCUT2D eigenvalue weighted by molar-refractivity contribution is 7.47. The van der Waals surface area contributed by atoms with Crippen LogP contribution in [-0.2, 0) is 65.4 Å². The summed E-state index contributed by atoms with van der Waals surface area (Å²) in [6.45, 7) is 4.94. The van der Waals surface area contributed by atoms with Gasteiger partial charge in [-0.1, -0.05) is 342 Å². The van der Waals surface area contributed by atoms with Crippen LogP contribution in [0.5, 0.6) is 0 Å². The number of phosphoric ester groups is 2. The quantitative estimate of drug-likeness (QED) is 0.0222. The Labute approximate surface area is 568 Å². The van der Waals surface area contributed by atoms with Crippen LogP contribution < -0.4 is 0 Å². The number of rotatable bonds is 75. The van der Waals surface area contributed by atoms with Crippen LogP contribution in [0.4, 0.5) is 0 Å². The van der Waals surface area contributed by atoms with Crippen molar-refractivity contribution in [3.05, 3.63) is 0 Å². The fourth-order valence-corrected chi connectivity index (χ4v) is 13.0. The van der Waals surface area contributed by atoms with Gasteiger partial charge in [0.05, 0.1) is 26.4 Å². The highest BCUT2D eigenvalue weighted by atomic mass is 31.2. The maximum absolute atomic E-state index is 13.1. The standard InChI is InChI=1S/C74H144O17P2/c1-5-9-13-17-21-24-27-30-33-34-35-36-39-42-45-49-53-57-61-74(79)91-70(65-85-72(77)59-55-51-47-43-40-37-31-28-25-22-18-14-10-6-2)67-89-93(82,83)87-63-68(75)62-86-92(80,81)88-66-69(64-84-71(76)58-54-50-46-20-16-12-8-4)90-73(78)60-56-52-48-44-41-38-32-29-26-23-19-15-11-7-3/h68-70,75H,5-67H2,1-4H3,(H,80,81)(H,82,83)/t68-,69+,70+/m0/s1. The van der Waals surface area contributed by atoms with Crippen LogP contribution in [0.3, 0.4) is 0 Å². The summed E-state index contributed by atoms with van der Waals surface area (Å²) < 4.78 is 68.4. The summed E-state index contributed by atoms with van der Waals surface area (Å²) >= 11 is 0. The molecule has 552 valence electrons. The molecule has 0 rings (SSSR count). The largest absolute Gasteiger partial charge is 0.472 e. The summed E-state index contributed by atoms with van der Waals surface area (Å²) in [7, 11) is -9.90. The summed E-state index contributed by atoms with van der Waals surface area (Å²) in [6, 6.07) is 0. The SMILES string of the molecule is CCCCCCCCCCCCCCCCCCCCC(=O)O[C@H](COC(=O)CCCCCCCCCCCCCCCC)COP(=O)(O)OC[C@@H](O)COP(=O)(O)OC[C@@H](COC(=O)CCCCCCCCC)OC(=O)CCCCCCCCCCCCCCCC. The van der Waals surface area contributed by atoms with E-state index in [1.165, 1.54) is 212 Å². The zero-order chi connectivity index (χ0) is 68.2. The molecule has 0 spiro atoms. The van der Waals surface area contributed by atoms with Crippen LogP contribution in [0.25, 0.3) is 0 Å². The molecule has 0 aromatic heterocycles. The molecule has 19 heteroatoms. The summed E-state index contributed by atoms with van der Waals surface area (Å²) in [5.41, 5.74) is 0. The molecule has 0 amide bonds. The molecule has 3 N–H and O–H groups in total. The van der Waals surface area contributed by atoms with E-state index in [1.807, 2.05) is 0 Å². The minimum atomic E-state index is -4.95. The lowest BCUT2D eigenvalue weighted by Gasteiger charge is -2.21. The minimum absolute atomic E-state index is 0.108. The van der Waals surface area contributed by atoms with Crippen LogP contribution in [0.15, 0.2) is 0 Å². The van der Waals surface area contributed by atoms with Gasteiger partial charge in [0.15, 0.2) is 12.2 Å². The molecule has 0 bridgehead atoms. The number of hydrogen-bond acceptors (Lipinski definition) is 15. The molecule has 93 heavy (non-hydrogen) atoms. The maximum Gasteiger partial charge on any atom is 0.472 e. The van der Waals surface area contributed by atoms with Crippen LogP contribution in [0.2, 0.25) is 0 Å². The van der Waals surface area contributed by atoms with Gasteiger partial charge in [-0.2, -0.15) is 0 Å². The highest BCUT2D eigenvalue weighted by Crippen LogP contribution is 2.45. The fourth-order valence-electron chi connectivity index (χ4n) is 11.4. The third kappa shape index (κ3) is 68.4. The fraction of sp³-hybridized carbons (Fsp3) is 0.946. The first-order valence-corrected chi connectivity index (χ1v) is 41.8. The number of aliphatic hydroxyl groups excluding tert-OH is 1. The molecule has 0 aliphatic rings. The second-order valence-electron chi connectivity index (χ2n) is 26.7. The smallest absolute Gasteiger partial charge is 0.462 e. The van der Waals surface area contributed by atoms with E-state index in [9.17, 15) is 43.2 Å². The molecule has 0 aromatic carbocycles. The second kappa shape index (κ2) is 68.6. The van der Waals surface area contributed by atoms with Gasteiger partial charge in [0, 0.05) is 25.7 Å². The lowest BCUT2D eigenvalue weighted by atomic mass is 10.0. The van der Waals surface area contributed by atoms with Gasteiger partial charge < -0.3 is 33.8 Å². The Morgan fingerprint density at radius 1 is 0.258 bits per heavy atom. The van der Waals surface area contributed by atoms with E-state index in [4.69, 9.17) is 37.0 Å². The predicted molar refractivity (Wildman–Crippen MR) is 377 cm³/mol. The molecule has 0 saturated heterocycles. The molecular formula is C74H144O17P2. The number of aliphatic hydroxyl groups is 1. The zero-order valence-corrected chi connectivity index (χ0v) is 62.0. The van der Waals surface area contributed by atoms with Crippen molar-refractivity contribution in [1.82, 2.24) is 0 Å². The lowest BCUT2D eigenvalue weighted by Crippen LogP contribution is -2.30. The van der Waals surface area contributed by atoms with Gasteiger partial charge in [-0.3, -0.25) is 37.3 Å². The molecule has 0 heterocycles. The third-order valence-electron chi connectivity index (χ3n) is 17.4. The van der Waals surface area contributed by atoms with Crippen molar-refractivity contribution in [1.29, 1.82) is 0 Å². The second-order valence-corrected chi connectivity index (χ2v) is 29.6. The van der Waals surface area contributed by atoms with Crippen molar-refractivity contribution in [3.63, 3.8) is 0 Å². The van der Waals surface area contributed by atoms with Crippen LogP contribution >= 0.6 is 15.6 Å². The number of ether oxygens (including phenoxy) is 4. The molecule has 0 aromatic rings. The van der Waals surface area contributed by atoms with Gasteiger partial charge in [-0.15, -0.1) is 0 Å². The number of unbranched alkanes of at least 4 members (excludes halogenated alkanes) is 49. The van der Waals surface area contributed by atoms with Gasteiger partial charge in [0.1, 0.15) is 19.3 Å². The molecule has 0 fully saturated rings. The molecular weight excluding hydrogens is 1220 g/mol. The Kier molecular flexibility index (Phi) is 67.1. The molecule has 0 radical (unpaired) electrons. The first kappa shape index (κ1) is 91.1. The number of carbonyl (C=O) groups excluding carboxylic acids is 4. The van der Waals surface area contributed by atoms with Crippen molar-refractivity contribution in [3.8, 4) is 0 Å². The average Bonchev–Trinajstić information content (AvgIpc) is 2.24. The molecule has 0 saturated carbocycles. The van der Waals surface area contributed by atoms with E-state index in [2.05, 4.69) is 27.7 Å². The topological polar surface area (TPSA) is 237 Å². The van der Waals surface area contributed by atoms with Gasteiger partial charge in [-0.25, -0.2) is 9.13 Å². The van der Waals surface area contributed by atoms with E-state index in [1.54, 1.807) is 0 Å². The lowest BCUT2D eigenvalue weighted by molar-refractivity contribution is -0.161. The van der Waals surface area contributed by atoms with Gasteiger partial charge >= 0.3 is 39.5 Å². The Morgan fingerprint density at radius 2 is 0.430 bits per heavy atom. The number of hydrogen-bond donors (Lipinski definition) is 3. The monoisotopic (exact) mass is 1370 g/mol. The summed E-state index contributed by atoms with van der Waals surface area (Å²) in [5.74, 6) is -2.12. The predicted octanol–water partition coefficient (Wildman–Crippen LogP) is 21.8. The van der Waals surface area contributed by atoms with E-state index < -0.39 is 97.5 Å². The molecule has 0 aliphatic heterocycles. The Bertz CT molecular complexity index is 1770. The highest BCUT2D eigenvalue weighted by Gasteiger charge is 2.30. The summed E-state index contributed by atoms with van der Waals surface area (Å²) in [5, 5.41) is 10.6. The van der Waals surface area contributed by atoms with E-state index in [-0.39, 0.29) is 25.7 Å². The van der Waals surface area contributed by atoms with E-state index in [0.29, 0.717) is 25.7 Å². The molecule has 2 unspecified atom stereocenters. The number of esters is 4. The first-order valence-electron chi connectivity index (χ1n) is 38.8. The Morgan fingerprint density at radius 3 is 0.634 bits per heavy atom. The van der Waals surface area contributed by atoms with Crippen LogP contribution in [0, 0.1) is 0 Å². The zero-order valence-electron chi connectivity index (χ0n) is 60.2. The number of carbonyl (C=O) groups is 4. The molecule has 5 atom stereocenters. The third-order valence-corrected chi connectivity index (χ3v) is 19.3. The normalized spacial score (nSPS) is 13.9. The van der Waals surface area contributed by atoms with E-state index in [0.717, 1.165) is 103 Å². The van der Waals surface area contributed by atoms with Crippen LogP contribution in [-0.4, -0.2) is 96.7 Å². The van der Waals surface area contributed by atoms with Crippen molar-refractivity contribution in [2.75, 3.05) is 39.6 Å². The van der Waals surface area contributed by atoms with Crippen molar-refractivity contribution in [2.24, 2.45) is 0 Å². The summed E-state index contributed by atoms with van der Waals surface area (Å²) in [4.78, 5) is 72.6. The van der Waals surface area contributed by atoms with Gasteiger partial charge in [0.2, 0.25) is 0 Å². The van der Waals surface area contributed by atoms with Crippen LogP contribution in [0.1, 0.15) is 394 Å². The molecule has 17 nitrogen and oxygen atoms in total. The Hall–Kier alpha value is -1.94. The maximum atomic E-state index is 13.1. The minimum Gasteiger partial charge on any atom is -0.462 e.